The molecule has 0 aliphatic carbocycles. The summed E-state index contributed by atoms with van der Waals surface area (Å²) in [5.74, 6) is -1.35. The number of halogens is 1. The van der Waals surface area contributed by atoms with E-state index in [1.807, 2.05) is 6.07 Å². The summed E-state index contributed by atoms with van der Waals surface area (Å²) >= 11 is 0. The number of hydrogen-bond donors (Lipinski definition) is 2. The van der Waals surface area contributed by atoms with Gasteiger partial charge in [0.05, 0.1) is 0 Å². The fourth-order valence-corrected chi connectivity index (χ4v) is 3.36. The lowest BCUT2D eigenvalue weighted by Gasteiger charge is -2.24. The Bertz CT molecular complexity index is 883. The summed E-state index contributed by atoms with van der Waals surface area (Å²) in [7, 11) is 0. The smallest absolute Gasteiger partial charge is 0.247 e. The molecule has 1 aliphatic rings. The Morgan fingerprint density at radius 3 is 2.54 bits per heavy atom. The Labute approximate surface area is 162 Å². The summed E-state index contributed by atoms with van der Waals surface area (Å²) in [5.41, 5.74) is 7.38. The van der Waals surface area contributed by atoms with Crippen LogP contribution in [0.25, 0.3) is 11.1 Å². The number of nitrogens with two attached hydrogens (primary N) is 1. The van der Waals surface area contributed by atoms with Gasteiger partial charge in [-0.25, -0.2) is 4.39 Å². The highest BCUT2D eigenvalue weighted by atomic mass is 19.1. The van der Waals surface area contributed by atoms with E-state index in [-0.39, 0.29) is 30.5 Å². The molecule has 6 nitrogen and oxygen atoms in total. The third-order valence-corrected chi connectivity index (χ3v) is 4.77. The van der Waals surface area contributed by atoms with Crippen LogP contribution in [0.4, 0.5) is 10.1 Å². The summed E-state index contributed by atoms with van der Waals surface area (Å²) < 4.78 is 13.1. The fourth-order valence-electron chi connectivity index (χ4n) is 3.36. The maximum absolute atomic E-state index is 13.1. The zero-order valence-corrected chi connectivity index (χ0v) is 15.4. The molecule has 3 rings (SSSR count). The topological polar surface area (TPSA) is 92.5 Å². The Balaban J connectivity index is 1.68. The lowest BCUT2D eigenvalue weighted by Crippen LogP contribution is -2.43. The predicted molar refractivity (Wildman–Crippen MR) is 104 cm³/mol. The fraction of sp³-hybridized carbons (Fsp3) is 0.286. The maximum Gasteiger partial charge on any atom is 0.247 e. The molecule has 3 N–H and O–H groups in total. The van der Waals surface area contributed by atoms with E-state index in [0.717, 1.165) is 17.5 Å². The number of benzene rings is 2. The van der Waals surface area contributed by atoms with Gasteiger partial charge in [-0.2, -0.15) is 0 Å². The van der Waals surface area contributed by atoms with Gasteiger partial charge in [-0.05, 0) is 48.2 Å². The Morgan fingerprint density at radius 1 is 1.07 bits per heavy atom. The number of carbonyl (C=O) groups is 3. The number of likely N-dealkylation sites (tertiary alicyclic amines) is 1. The van der Waals surface area contributed by atoms with Crippen molar-refractivity contribution < 1.29 is 18.8 Å². The molecular formula is C21H22FN3O3. The minimum Gasteiger partial charge on any atom is -0.370 e. The zero-order chi connectivity index (χ0) is 20.1. The lowest BCUT2D eigenvalue weighted by molar-refractivity contribution is -0.137. The molecule has 1 fully saturated rings. The molecule has 1 aliphatic heterocycles. The second kappa shape index (κ2) is 8.65. The highest BCUT2D eigenvalue weighted by molar-refractivity contribution is 5.98. The number of primary amides is 1. The predicted octanol–water partition coefficient (Wildman–Crippen LogP) is 2.69. The summed E-state index contributed by atoms with van der Waals surface area (Å²) in [6.45, 7) is 0.491. The molecule has 2 aromatic carbocycles. The van der Waals surface area contributed by atoms with Gasteiger partial charge in [-0.15, -0.1) is 0 Å². The van der Waals surface area contributed by atoms with Crippen LogP contribution in [-0.2, 0) is 14.4 Å². The SMILES string of the molecule is NC(=O)CCC(=O)N1CCC[C@@H]1C(=O)Nc1cccc(-c2ccc(F)cc2)c1. The third kappa shape index (κ3) is 4.73. The normalized spacial score (nSPS) is 16.0. The minimum absolute atomic E-state index is 0.0131. The minimum atomic E-state index is -0.560. The highest BCUT2D eigenvalue weighted by Gasteiger charge is 2.33. The van der Waals surface area contributed by atoms with E-state index in [1.54, 1.807) is 30.3 Å². The molecule has 3 amide bonds. The maximum atomic E-state index is 13.1. The van der Waals surface area contributed by atoms with Crippen molar-refractivity contribution >= 4 is 23.4 Å². The highest BCUT2D eigenvalue weighted by Crippen LogP contribution is 2.25. The molecule has 0 radical (unpaired) electrons. The van der Waals surface area contributed by atoms with Crippen LogP contribution in [0.2, 0.25) is 0 Å². The molecule has 2 aromatic rings. The first-order valence-electron chi connectivity index (χ1n) is 9.18. The first-order valence-corrected chi connectivity index (χ1v) is 9.18. The van der Waals surface area contributed by atoms with E-state index >= 15 is 0 Å². The molecule has 7 heteroatoms. The number of nitrogens with zero attached hydrogens (tertiary/aromatic N) is 1. The molecule has 0 saturated carbocycles. The summed E-state index contributed by atoms with van der Waals surface area (Å²) in [6.07, 6.45) is 1.30. The summed E-state index contributed by atoms with van der Waals surface area (Å²) in [5, 5.41) is 2.86. The number of hydrogen-bond acceptors (Lipinski definition) is 3. The van der Waals surface area contributed by atoms with E-state index < -0.39 is 11.9 Å². The second-order valence-corrected chi connectivity index (χ2v) is 6.79. The van der Waals surface area contributed by atoms with E-state index in [4.69, 9.17) is 5.73 Å². The van der Waals surface area contributed by atoms with Crippen molar-refractivity contribution in [2.75, 3.05) is 11.9 Å². The summed E-state index contributed by atoms with van der Waals surface area (Å²) in [4.78, 5) is 37.4. The van der Waals surface area contributed by atoms with Crippen LogP contribution in [0.5, 0.6) is 0 Å². The molecule has 0 bridgehead atoms. The van der Waals surface area contributed by atoms with E-state index in [2.05, 4.69) is 5.32 Å². The van der Waals surface area contributed by atoms with Gasteiger partial charge >= 0.3 is 0 Å². The van der Waals surface area contributed by atoms with Gasteiger partial charge in [0.15, 0.2) is 0 Å². The molecule has 146 valence electrons. The number of anilines is 1. The molecule has 1 saturated heterocycles. The van der Waals surface area contributed by atoms with Gasteiger partial charge in [0.1, 0.15) is 11.9 Å². The van der Waals surface area contributed by atoms with Crippen LogP contribution in [0.3, 0.4) is 0 Å². The van der Waals surface area contributed by atoms with Crippen molar-refractivity contribution in [2.24, 2.45) is 5.73 Å². The number of rotatable bonds is 6. The molecular weight excluding hydrogens is 361 g/mol. The summed E-state index contributed by atoms with van der Waals surface area (Å²) in [6, 6.07) is 12.8. The van der Waals surface area contributed by atoms with Gasteiger partial charge < -0.3 is 16.0 Å². The number of amides is 3. The van der Waals surface area contributed by atoms with Crippen LogP contribution in [0.1, 0.15) is 25.7 Å². The average Bonchev–Trinajstić information content (AvgIpc) is 3.17. The average molecular weight is 383 g/mol. The van der Waals surface area contributed by atoms with Gasteiger partial charge in [0.2, 0.25) is 17.7 Å². The first kappa shape index (κ1) is 19.5. The van der Waals surface area contributed by atoms with Crippen molar-refractivity contribution in [3.8, 4) is 11.1 Å². The standard InChI is InChI=1S/C21H22FN3O3/c22-16-8-6-14(7-9-16)15-3-1-4-17(13-15)24-21(28)18-5-2-12-25(18)20(27)11-10-19(23)26/h1,3-4,6-9,13,18H,2,5,10-12H2,(H2,23,26)(H,24,28)/t18-/m1/s1. The van der Waals surface area contributed by atoms with Crippen LogP contribution in [0.15, 0.2) is 48.5 Å². The van der Waals surface area contributed by atoms with Gasteiger partial charge in [-0.1, -0.05) is 24.3 Å². The quantitative estimate of drug-likeness (QED) is 0.803. The van der Waals surface area contributed by atoms with Crippen LogP contribution >= 0.6 is 0 Å². The third-order valence-electron chi connectivity index (χ3n) is 4.77. The van der Waals surface area contributed by atoms with Crippen molar-refractivity contribution in [2.45, 2.75) is 31.7 Å². The van der Waals surface area contributed by atoms with Crippen molar-refractivity contribution in [1.29, 1.82) is 0 Å². The van der Waals surface area contributed by atoms with Crippen LogP contribution in [0, 0.1) is 5.82 Å². The Hall–Kier alpha value is -3.22. The second-order valence-electron chi connectivity index (χ2n) is 6.79. The van der Waals surface area contributed by atoms with E-state index in [9.17, 15) is 18.8 Å². The van der Waals surface area contributed by atoms with Crippen molar-refractivity contribution in [3.63, 3.8) is 0 Å². The molecule has 28 heavy (non-hydrogen) atoms. The largest absolute Gasteiger partial charge is 0.370 e. The first-order chi connectivity index (χ1) is 13.4. The van der Waals surface area contributed by atoms with Crippen molar-refractivity contribution in [1.82, 2.24) is 4.90 Å². The molecule has 0 aromatic heterocycles. The molecule has 0 spiro atoms. The number of nitrogens with one attached hydrogen (secondary N) is 1. The van der Waals surface area contributed by atoms with Gasteiger partial charge in [0, 0.05) is 25.1 Å². The van der Waals surface area contributed by atoms with E-state index in [0.29, 0.717) is 18.7 Å². The Morgan fingerprint density at radius 2 is 1.82 bits per heavy atom. The monoisotopic (exact) mass is 383 g/mol. The van der Waals surface area contributed by atoms with Gasteiger partial charge in [-0.3, -0.25) is 14.4 Å². The Kier molecular flexibility index (Phi) is 6.03. The van der Waals surface area contributed by atoms with Crippen molar-refractivity contribution in [3.05, 3.63) is 54.3 Å². The molecule has 1 atom stereocenters. The molecule has 0 unspecified atom stereocenters. The van der Waals surface area contributed by atoms with Crippen LogP contribution in [-0.4, -0.2) is 35.2 Å². The number of carbonyl (C=O) groups excluding carboxylic acids is 3. The zero-order valence-electron chi connectivity index (χ0n) is 15.4. The lowest BCUT2D eigenvalue weighted by atomic mass is 10.0. The van der Waals surface area contributed by atoms with E-state index in [1.165, 1.54) is 17.0 Å². The van der Waals surface area contributed by atoms with Crippen LogP contribution < -0.4 is 11.1 Å². The van der Waals surface area contributed by atoms with Gasteiger partial charge in [0.25, 0.3) is 0 Å². The molecule has 1 heterocycles.